The summed E-state index contributed by atoms with van der Waals surface area (Å²) in [6, 6.07) is 6.97. The second-order valence-electron chi connectivity index (χ2n) is 6.85. The van der Waals surface area contributed by atoms with E-state index in [4.69, 9.17) is 0 Å². The third kappa shape index (κ3) is 2.66. The van der Waals surface area contributed by atoms with Crippen LogP contribution in [0.15, 0.2) is 18.2 Å². The second kappa shape index (κ2) is 6.01. The van der Waals surface area contributed by atoms with Gasteiger partial charge in [0, 0.05) is 50.9 Å². The SMILES string of the molecule is O=C(c1ccc2c(c1)CNC2)N1CCN(C2CCCC2)CC1. The van der Waals surface area contributed by atoms with Crippen LogP contribution in [0, 0.1) is 0 Å². The fourth-order valence-electron chi connectivity index (χ4n) is 4.17. The molecule has 1 saturated carbocycles. The molecule has 1 saturated heterocycles. The van der Waals surface area contributed by atoms with Crippen molar-refractivity contribution in [3.05, 3.63) is 34.9 Å². The van der Waals surface area contributed by atoms with Crippen molar-refractivity contribution in [2.45, 2.75) is 44.8 Å². The number of carbonyl (C=O) groups excluding carboxylic acids is 1. The summed E-state index contributed by atoms with van der Waals surface area (Å²) in [5.74, 6) is 0.209. The Hall–Kier alpha value is -1.39. The van der Waals surface area contributed by atoms with Gasteiger partial charge in [-0.25, -0.2) is 0 Å². The van der Waals surface area contributed by atoms with Crippen LogP contribution < -0.4 is 5.32 Å². The van der Waals surface area contributed by atoms with Crippen LogP contribution in [0.1, 0.15) is 47.2 Å². The van der Waals surface area contributed by atoms with Crippen molar-refractivity contribution in [2.75, 3.05) is 26.2 Å². The largest absolute Gasteiger partial charge is 0.336 e. The number of benzene rings is 1. The summed E-state index contributed by atoms with van der Waals surface area (Å²) in [4.78, 5) is 17.4. The smallest absolute Gasteiger partial charge is 0.253 e. The van der Waals surface area contributed by atoms with Crippen LogP contribution in [-0.4, -0.2) is 47.9 Å². The molecule has 4 heteroatoms. The van der Waals surface area contributed by atoms with Crippen LogP contribution in [0.3, 0.4) is 0 Å². The number of fused-ring (bicyclic) bond motifs is 1. The third-order valence-electron chi connectivity index (χ3n) is 5.53. The molecular weight excluding hydrogens is 274 g/mol. The summed E-state index contributed by atoms with van der Waals surface area (Å²) in [6.07, 6.45) is 5.47. The summed E-state index contributed by atoms with van der Waals surface area (Å²) in [5.41, 5.74) is 3.48. The number of nitrogens with one attached hydrogen (secondary N) is 1. The normalized spacial score (nSPS) is 23.0. The Kier molecular flexibility index (Phi) is 3.89. The number of hydrogen-bond donors (Lipinski definition) is 1. The molecule has 1 amide bonds. The van der Waals surface area contributed by atoms with E-state index in [1.165, 1.54) is 36.8 Å². The van der Waals surface area contributed by atoms with Crippen LogP contribution in [-0.2, 0) is 13.1 Å². The summed E-state index contributed by atoms with van der Waals surface area (Å²) >= 11 is 0. The lowest BCUT2D eigenvalue weighted by molar-refractivity contribution is 0.0573. The zero-order valence-electron chi connectivity index (χ0n) is 13.2. The predicted molar refractivity (Wildman–Crippen MR) is 86.7 cm³/mol. The fourth-order valence-corrected chi connectivity index (χ4v) is 4.17. The molecule has 0 unspecified atom stereocenters. The van der Waals surface area contributed by atoms with Gasteiger partial charge in [0.2, 0.25) is 0 Å². The average molecular weight is 299 g/mol. The summed E-state index contributed by atoms with van der Waals surface area (Å²) < 4.78 is 0. The van der Waals surface area contributed by atoms with Crippen molar-refractivity contribution in [2.24, 2.45) is 0 Å². The van der Waals surface area contributed by atoms with Crippen LogP contribution in [0.5, 0.6) is 0 Å². The van der Waals surface area contributed by atoms with Crippen molar-refractivity contribution in [1.82, 2.24) is 15.1 Å². The Labute approximate surface area is 132 Å². The van der Waals surface area contributed by atoms with E-state index < -0.39 is 0 Å². The van der Waals surface area contributed by atoms with Crippen molar-refractivity contribution in [3.8, 4) is 0 Å². The van der Waals surface area contributed by atoms with E-state index in [1.807, 2.05) is 11.0 Å². The van der Waals surface area contributed by atoms with E-state index in [9.17, 15) is 4.79 Å². The molecular formula is C18H25N3O. The zero-order chi connectivity index (χ0) is 14.9. The quantitative estimate of drug-likeness (QED) is 0.907. The van der Waals surface area contributed by atoms with Gasteiger partial charge in [-0.15, -0.1) is 0 Å². The minimum absolute atomic E-state index is 0.209. The molecule has 0 bridgehead atoms. The molecule has 1 aromatic rings. The second-order valence-corrected chi connectivity index (χ2v) is 6.85. The molecule has 0 spiro atoms. The molecule has 4 nitrogen and oxygen atoms in total. The molecule has 2 aliphatic heterocycles. The lowest BCUT2D eigenvalue weighted by Crippen LogP contribution is -2.51. The summed E-state index contributed by atoms with van der Waals surface area (Å²) in [6.45, 7) is 5.68. The highest BCUT2D eigenvalue weighted by atomic mass is 16.2. The van der Waals surface area contributed by atoms with E-state index in [0.717, 1.165) is 50.9 Å². The average Bonchev–Trinajstić information content (AvgIpc) is 3.25. The molecule has 2 heterocycles. The lowest BCUT2D eigenvalue weighted by Gasteiger charge is -2.38. The van der Waals surface area contributed by atoms with Crippen molar-refractivity contribution < 1.29 is 4.79 Å². The molecule has 1 aromatic carbocycles. The Morgan fingerprint density at radius 2 is 1.73 bits per heavy atom. The highest BCUT2D eigenvalue weighted by molar-refractivity contribution is 5.94. The van der Waals surface area contributed by atoms with Gasteiger partial charge in [0.25, 0.3) is 5.91 Å². The maximum Gasteiger partial charge on any atom is 0.253 e. The number of hydrogen-bond acceptors (Lipinski definition) is 3. The minimum Gasteiger partial charge on any atom is -0.336 e. The Bertz CT molecular complexity index is 557. The number of piperazine rings is 1. The highest BCUT2D eigenvalue weighted by Gasteiger charge is 2.28. The molecule has 3 aliphatic rings. The van der Waals surface area contributed by atoms with Crippen LogP contribution >= 0.6 is 0 Å². The first-order valence-corrected chi connectivity index (χ1v) is 8.67. The molecule has 0 aromatic heterocycles. The minimum atomic E-state index is 0.209. The van der Waals surface area contributed by atoms with Gasteiger partial charge in [0.15, 0.2) is 0 Å². The van der Waals surface area contributed by atoms with Crippen molar-refractivity contribution in [3.63, 3.8) is 0 Å². The first-order valence-electron chi connectivity index (χ1n) is 8.67. The molecule has 2 fully saturated rings. The highest BCUT2D eigenvalue weighted by Crippen LogP contribution is 2.25. The van der Waals surface area contributed by atoms with Crippen molar-refractivity contribution >= 4 is 5.91 Å². The van der Waals surface area contributed by atoms with Gasteiger partial charge >= 0.3 is 0 Å². The molecule has 1 aliphatic carbocycles. The third-order valence-corrected chi connectivity index (χ3v) is 5.53. The molecule has 0 atom stereocenters. The van der Waals surface area contributed by atoms with E-state index in [-0.39, 0.29) is 5.91 Å². The van der Waals surface area contributed by atoms with E-state index in [0.29, 0.717) is 0 Å². The first kappa shape index (κ1) is 14.2. The topological polar surface area (TPSA) is 35.6 Å². The lowest BCUT2D eigenvalue weighted by atomic mass is 10.1. The van der Waals surface area contributed by atoms with Crippen LogP contribution in [0.25, 0.3) is 0 Å². The van der Waals surface area contributed by atoms with Crippen LogP contribution in [0.2, 0.25) is 0 Å². The Morgan fingerprint density at radius 3 is 2.50 bits per heavy atom. The zero-order valence-corrected chi connectivity index (χ0v) is 13.2. The maximum atomic E-state index is 12.7. The maximum absolute atomic E-state index is 12.7. The first-order chi connectivity index (χ1) is 10.8. The standard InChI is InChI=1S/C18H25N3O/c22-18(14-5-6-15-12-19-13-16(15)11-14)21-9-7-20(8-10-21)17-3-1-2-4-17/h5-6,11,17,19H,1-4,7-10,12-13H2. The number of amides is 1. The predicted octanol–water partition coefficient (Wildman–Crippen LogP) is 1.99. The van der Waals surface area contributed by atoms with Gasteiger partial charge in [-0.05, 0) is 36.1 Å². The molecule has 1 N–H and O–H groups in total. The van der Waals surface area contributed by atoms with E-state index >= 15 is 0 Å². The van der Waals surface area contributed by atoms with Crippen LogP contribution in [0.4, 0.5) is 0 Å². The number of rotatable bonds is 2. The van der Waals surface area contributed by atoms with Gasteiger partial charge in [0.1, 0.15) is 0 Å². The summed E-state index contributed by atoms with van der Waals surface area (Å²) in [7, 11) is 0. The van der Waals surface area contributed by atoms with Gasteiger partial charge in [-0.1, -0.05) is 18.9 Å². The van der Waals surface area contributed by atoms with Crippen molar-refractivity contribution in [1.29, 1.82) is 0 Å². The van der Waals surface area contributed by atoms with Gasteiger partial charge < -0.3 is 10.2 Å². The monoisotopic (exact) mass is 299 g/mol. The molecule has 0 radical (unpaired) electrons. The molecule has 118 valence electrons. The van der Waals surface area contributed by atoms with E-state index in [1.54, 1.807) is 0 Å². The van der Waals surface area contributed by atoms with Gasteiger partial charge in [0.05, 0.1) is 0 Å². The van der Waals surface area contributed by atoms with E-state index in [2.05, 4.69) is 22.3 Å². The fraction of sp³-hybridized carbons (Fsp3) is 0.611. The Morgan fingerprint density at radius 1 is 1.00 bits per heavy atom. The number of carbonyl (C=O) groups is 1. The van der Waals surface area contributed by atoms with Gasteiger partial charge in [-0.3, -0.25) is 9.69 Å². The molecule has 22 heavy (non-hydrogen) atoms. The van der Waals surface area contributed by atoms with Gasteiger partial charge in [-0.2, -0.15) is 0 Å². The molecule has 4 rings (SSSR count). The Balaban J connectivity index is 1.39. The summed E-state index contributed by atoms with van der Waals surface area (Å²) in [5, 5.41) is 3.34. The number of nitrogens with zero attached hydrogens (tertiary/aromatic N) is 2.